The van der Waals surface area contributed by atoms with Crippen LogP contribution >= 0.6 is 0 Å². The standard InChI is InChI=1S/C15H28BN3O4/c1-16(23)7-4-5-11-9-19(10-15(11,17)14(21)22)13(20)12-6-2-3-8-18-12/h11-12,18,23H,2-10,17H2,1H3,(H,21,22)/t11?,12-,15-/m0/s1. The highest BCUT2D eigenvalue weighted by molar-refractivity contribution is 6.48. The minimum absolute atomic E-state index is 0.0289. The van der Waals surface area contributed by atoms with Crippen molar-refractivity contribution in [2.75, 3.05) is 19.6 Å². The molecule has 2 fully saturated rings. The second kappa shape index (κ2) is 7.64. The van der Waals surface area contributed by atoms with Crippen LogP contribution in [0.5, 0.6) is 0 Å². The molecule has 2 aliphatic rings. The van der Waals surface area contributed by atoms with E-state index < -0.39 is 18.4 Å². The number of piperidine rings is 1. The van der Waals surface area contributed by atoms with Crippen LogP contribution in [0.2, 0.25) is 13.1 Å². The molecule has 0 bridgehead atoms. The van der Waals surface area contributed by atoms with Crippen LogP contribution in [0.3, 0.4) is 0 Å². The number of carbonyl (C=O) groups is 2. The highest BCUT2D eigenvalue weighted by atomic mass is 16.4. The number of nitrogens with zero attached hydrogens (tertiary/aromatic N) is 1. The molecule has 5 N–H and O–H groups in total. The van der Waals surface area contributed by atoms with Gasteiger partial charge in [0, 0.05) is 19.0 Å². The fourth-order valence-corrected chi connectivity index (χ4v) is 3.64. The minimum Gasteiger partial charge on any atom is -0.480 e. The molecule has 0 aromatic heterocycles. The molecule has 23 heavy (non-hydrogen) atoms. The number of hydrogen-bond acceptors (Lipinski definition) is 5. The summed E-state index contributed by atoms with van der Waals surface area (Å²) in [4.78, 5) is 25.9. The number of nitrogens with two attached hydrogens (primary N) is 1. The topological polar surface area (TPSA) is 116 Å². The molecule has 8 heteroatoms. The predicted molar refractivity (Wildman–Crippen MR) is 88.1 cm³/mol. The molecule has 0 aliphatic carbocycles. The number of likely N-dealkylation sites (tertiary alicyclic amines) is 1. The first-order valence-corrected chi connectivity index (χ1v) is 8.57. The van der Waals surface area contributed by atoms with Gasteiger partial charge in [0.2, 0.25) is 5.91 Å². The van der Waals surface area contributed by atoms with E-state index in [1.807, 2.05) is 0 Å². The van der Waals surface area contributed by atoms with Gasteiger partial charge in [0.1, 0.15) is 5.54 Å². The van der Waals surface area contributed by atoms with Crippen molar-refractivity contribution < 1.29 is 19.7 Å². The smallest absolute Gasteiger partial charge is 0.325 e. The molecular weight excluding hydrogens is 297 g/mol. The lowest BCUT2D eigenvalue weighted by atomic mass is 9.66. The molecule has 7 nitrogen and oxygen atoms in total. The fraction of sp³-hybridized carbons (Fsp3) is 0.867. The van der Waals surface area contributed by atoms with Crippen LogP contribution < -0.4 is 11.1 Å². The van der Waals surface area contributed by atoms with Crippen molar-refractivity contribution in [2.45, 2.75) is 56.8 Å². The number of rotatable bonds is 6. The zero-order valence-corrected chi connectivity index (χ0v) is 13.8. The molecule has 1 unspecified atom stereocenters. The van der Waals surface area contributed by atoms with Crippen LogP contribution in [0.1, 0.15) is 32.1 Å². The molecule has 3 atom stereocenters. The van der Waals surface area contributed by atoms with Gasteiger partial charge in [-0.15, -0.1) is 0 Å². The normalized spacial score (nSPS) is 31.2. The molecular formula is C15H28BN3O4. The maximum atomic E-state index is 12.6. The molecule has 2 aliphatic heterocycles. The van der Waals surface area contributed by atoms with Crippen molar-refractivity contribution in [3.8, 4) is 0 Å². The molecule has 2 heterocycles. The molecule has 0 aromatic carbocycles. The van der Waals surface area contributed by atoms with Crippen LogP contribution in [0, 0.1) is 5.92 Å². The van der Waals surface area contributed by atoms with Crippen molar-refractivity contribution in [1.82, 2.24) is 10.2 Å². The fourth-order valence-electron chi connectivity index (χ4n) is 3.64. The zero-order chi connectivity index (χ0) is 17.0. The van der Waals surface area contributed by atoms with E-state index in [1.54, 1.807) is 11.7 Å². The number of carboxylic acids is 1. The van der Waals surface area contributed by atoms with Crippen LogP contribution in [0.25, 0.3) is 0 Å². The van der Waals surface area contributed by atoms with Gasteiger partial charge in [0.25, 0.3) is 6.92 Å². The molecule has 0 spiro atoms. The summed E-state index contributed by atoms with van der Waals surface area (Å²) in [6.45, 7) is 2.59. The number of carbonyl (C=O) groups excluding carboxylic acids is 1. The van der Waals surface area contributed by atoms with E-state index >= 15 is 0 Å². The maximum absolute atomic E-state index is 12.6. The van der Waals surface area contributed by atoms with E-state index in [9.17, 15) is 19.7 Å². The van der Waals surface area contributed by atoms with E-state index in [4.69, 9.17) is 5.73 Å². The summed E-state index contributed by atoms with van der Waals surface area (Å²) in [5.41, 5.74) is 4.76. The number of aliphatic carboxylic acids is 1. The van der Waals surface area contributed by atoms with Gasteiger partial charge in [0.05, 0.1) is 6.04 Å². The Bertz CT molecular complexity index is 442. The first-order chi connectivity index (χ1) is 10.8. The van der Waals surface area contributed by atoms with Crippen molar-refractivity contribution >= 4 is 18.8 Å². The first-order valence-electron chi connectivity index (χ1n) is 8.57. The molecule has 0 aromatic rings. The Morgan fingerprint density at radius 3 is 2.74 bits per heavy atom. The van der Waals surface area contributed by atoms with E-state index in [-0.39, 0.29) is 24.4 Å². The number of nitrogens with one attached hydrogen (secondary N) is 1. The van der Waals surface area contributed by atoms with Crippen LogP contribution in [-0.4, -0.2) is 65.0 Å². The molecule has 2 saturated heterocycles. The molecule has 2 rings (SSSR count). The third kappa shape index (κ3) is 4.25. The van der Waals surface area contributed by atoms with E-state index in [0.717, 1.165) is 25.8 Å². The van der Waals surface area contributed by atoms with Gasteiger partial charge in [-0.1, -0.05) is 19.7 Å². The van der Waals surface area contributed by atoms with Crippen LogP contribution in [-0.2, 0) is 9.59 Å². The summed E-state index contributed by atoms with van der Waals surface area (Å²) in [6, 6.07) is -0.210. The second-order valence-electron chi connectivity index (χ2n) is 7.04. The van der Waals surface area contributed by atoms with Gasteiger partial charge in [-0.2, -0.15) is 0 Å². The molecule has 130 valence electrons. The lowest BCUT2D eigenvalue weighted by molar-refractivity contribution is -0.144. The third-order valence-electron chi connectivity index (χ3n) is 5.11. The average molecular weight is 325 g/mol. The predicted octanol–water partition coefficient (Wildman–Crippen LogP) is -0.237. The van der Waals surface area contributed by atoms with Gasteiger partial charge < -0.3 is 26.1 Å². The van der Waals surface area contributed by atoms with E-state index in [0.29, 0.717) is 25.7 Å². The number of amides is 1. The Balaban J connectivity index is 2.00. The lowest BCUT2D eigenvalue weighted by Gasteiger charge is -2.28. The van der Waals surface area contributed by atoms with Gasteiger partial charge in [-0.3, -0.25) is 9.59 Å². The van der Waals surface area contributed by atoms with Crippen LogP contribution in [0.15, 0.2) is 0 Å². The molecule has 0 radical (unpaired) electrons. The third-order valence-corrected chi connectivity index (χ3v) is 5.11. The Kier molecular flexibility index (Phi) is 6.05. The molecule has 1 amide bonds. The van der Waals surface area contributed by atoms with Gasteiger partial charge >= 0.3 is 5.97 Å². The lowest BCUT2D eigenvalue weighted by Crippen LogP contribution is -2.56. The maximum Gasteiger partial charge on any atom is 0.325 e. The minimum atomic E-state index is -1.39. The summed E-state index contributed by atoms with van der Waals surface area (Å²) in [5, 5.41) is 22.1. The first kappa shape index (κ1) is 18.2. The Labute approximate surface area is 137 Å². The SMILES string of the molecule is CB(O)CCCC1CN(C(=O)[C@@H]2CCCCN2)C[C@@]1(N)C(=O)O. The quantitative estimate of drug-likeness (QED) is 0.501. The van der Waals surface area contributed by atoms with Gasteiger partial charge in [-0.25, -0.2) is 0 Å². The van der Waals surface area contributed by atoms with Gasteiger partial charge in [-0.05, 0) is 32.1 Å². The van der Waals surface area contributed by atoms with Crippen molar-refractivity contribution in [3.63, 3.8) is 0 Å². The van der Waals surface area contributed by atoms with Crippen molar-refractivity contribution in [1.29, 1.82) is 0 Å². The highest BCUT2D eigenvalue weighted by Gasteiger charge is 2.51. The Hall–Kier alpha value is -1.12. The van der Waals surface area contributed by atoms with Crippen LogP contribution in [0.4, 0.5) is 0 Å². The van der Waals surface area contributed by atoms with E-state index in [1.165, 1.54) is 0 Å². The summed E-state index contributed by atoms with van der Waals surface area (Å²) in [5.74, 6) is -1.35. The largest absolute Gasteiger partial charge is 0.480 e. The second-order valence-corrected chi connectivity index (χ2v) is 7.04. The van der Waals surface area contributed by atoms with Crippen molar-refractivity contribution in [3.05, 3.63) is 0 Å². The highest BCUT2D eigenvalue weighted by Crippen LogP contribution is 2.31. The summed E-state index contributed by atoms with van der Waals surface area (Å²) >= 11 is 0. The van der Waals surface area contributed by atoms with Crippen molar-refractivity contribution in [2.24, 2.45) is 11.7 Å². The average Bonchev–Trinajstić information content (AvgIpc) is 2.86. The molecule has 0 saturated carbocycles. The number of hydrogen-bond donors (Lipinski definition) is 4. The van der Waals surface area contributed by atoms with E-state index in [2.05, 4.69) is 5.32 Å². The summed E-state index contributed by atoms with van der Waals surface area (Å²) in [7, 11) is 0. The number of carboxylic acid groups (broad SMARTS) is 1. The zero-order valence-electron chi connectivity index (χ0n) is 13.8. The Morgan fingerprint density at radius 1 is 1.43 bits per heavy atom. The van der Waals surface area contributed by atoms with Gasteiger partial charge in [0.15, 0.2) is 0 Å². The monoisotopic (exact) mass is 325 g/mol. The summed E-state index contributed by atoms with van der Waals surface area (Å²) < 4.78 is 0. The Morgan fingerprint density at radius 2 is 2.17 bits per heavy atom. The summed E-state index contributed by atoms with van der Waals surface area (Å²) in [6.07, 6.45) is 4.81.